The highest BCUT2D eigenvalue weighted by Crippen LogP contribution is 2.52. The van der Waals surface area contributed by atoms with Gasteiger partial charge < -0.3 is 9.26 Å². The Morgan fingerprint density at radius 3 is 2.04 bits per heavy atom. The summed E-state index contributed by atoms with van der Waals surface area (Å²) in [4.78, 5) is 0. The van der Waals surface area contributed by atoms with E-state index in [1.165, 1.54) is 0 Å². The predicted octanol–water partition coefficient (Wildman–Crippen LogP) is 4.63. The van der Waals surface area contributed by atoms with Crippen molar-refractivity contribution < 1.29 is 13.8 Å². The fourth-order valence-electron chi connectivity index (χ4n) is 2.23. The molecule has 0 aliphatic rings. The van der Waals surface area contributed by atoms with Gasteiger partial charge in [-0.1, -0.05) is 23.7 Å². The summed E-state index contributed by atoms with van der Waals surface area (Å²) in [5, 5.41) is 0.581. The summed E-state index contributed by atoms with van der Waals surface area (Å²) < 4.78 is 27.4. The van der Waals surface area contributed by atoms with E-state index in [2.05, 4.69) is 0 Å². The van der Waals surface area contributed by atoms with Gasteiger partial charge in [0.1, 0.15) is 11.5 Å². The molecule has 0 unspecified atom stereocenters. The number of nitrogens with zero attached hydrogens (tertiary/aromatic N) is 2. The average molecular weight is 369 g/mol. The standard InChI is InChI=1S/C17H22ClN2O3P/c1-19(2)24(21,20(3)4)23-17-11-8-14(18)12-16(17)13-6-9-15(22-5)10-7-13/h6-12H,1-5H3. The Hall–Kier alpha value is -1.52. The van der Waals surface area contributed by atoms with Crippen molar-refractivity contribution in [2.24, 2.45) is 0 Å². The van der Waals surface area contributed by atoms with E-state index in [0.717, 1.165) is 16.9 Å². The second kappa shape index (κ2) is 7.58. The van der Waals surface area contributed by atoms with E-state index in [1.807, 2.05) is 24.3 Å². The Kier molecular flexibility index (Phi) is 5.94. The Bertz CT molecular complexity index is 736. The van der Waals surface area contributed by atoms with E-state index in [-0.39, 0.29) is 0 Å². The molecule has 0 atom stereocenters. The summed E-state index contributed by atoms with van der Waals surface area (Å²) in [5.74, 6) is 1.27. The molecule has 0 fully saturated rings. The zero-order valence-corrected chi connectivity index (χ0v) is 16.1. The van der Waals surface area contributed by atoms with Gasteiger partial charge >= 0.3 is 7.67 Å². The van der Waals surface area contributed by atoms with Gasteiger partial charge in [-0.05, 0) is 64.1 Å². The van der Waals surface area contributed by atoms with E-state index >= 15 is 0 Å². The van der Waals surface area contributed by atoms with Crippen molar-refractivity contribution in [1.82, 2.24) is 9.34 Å². The molecule has 0 aliphatic carbocycles. The van der Waals surface area contributed by atoms with Crippen molar-refractivity contribution in [3.63, 3.8) is 0 Å². The van der Waals surface area contributed by atoms with Crippen LogP contribution in [0.4, 0.5) is 0 Å². The lowest BCUT2D eigenvalue weighted by Gasteiger charge is -2.30. The molecule has 0 N–H and O–H groups in total. The van der Waals surface area contributed by atoms with Crippen LogP contribution in [0.1, 0.15) is 0 Å². The topological polar surface area (TPSA) is 42.0 Å². The van der Waals surface area contributed by atoms with E-state index in [1.54, 1.807) is 62.8 Å². The van der Waals surface area contributed by atoms with Crippen LogP contribution in [0.5, 0.6) is 11.5 Å². The van der Waals surface area contributed by atoms with Crippen molar-refractivity contribution >= 4 is 19.3 Å². The molecule has 0 aromatic heterocycles. The zero-order chi connectivity index (χ0) is 17.9. The second-order valence-corrected chi connectivity index (χ2v) is 8.85. The molecule has 0 saturated carbocycles. The molecular weight excluding hydrogens is 347 g/mol. The molecule has 0 saturated heterocycles. The first-order valence-electron chi connectivity index (χ1n) is 7.37. The number of halogens is 1. The van der Waals surface area contributed by atoms with Crippen molar-refractivity contribution in [3.8, 4) is 22.6 Å². The molecule has 2 aromatic carbocycles. The molecule has 7 heteroatoms. The normalized spacial score (nSPS) is 11.8. The van der Waals surface area contributed by atoms with Crippen LogP contribution in [0, 0.1) is 0 Å². The van der Waals surface area contributed by atoms with Crippen LogP contribution in [0.15, 0.2) is 42.5 Å². The number of ether oxygens (including phenoxy) is 1. The first kappa shape index (κ1) is 18.8. The second-order valence-electron chi connectivity index (χ2n) is 5.65. The molecular formula is C17H22ClN2O3P. The monoisotopic (exact) mass is 368 g/mol. The van der Waals surface area contributed by atoms with E-state index in [4.69, 9.17) is 20.9 Å². The van der Waals surface area contributed by atoms with Crippen LogP contribution < -0.4 is 9.26 Å². The number of hydrogen-bond donors (Lipinski definition) is 0. The quantitative estimate of drug-likeness (QED) is 0.695. The van der Waals surface area contributed by atoms with Crippen molar-refractivity contribution in [1.29, 1.82) is 0 Å². The fourth-order valence-corrected chi connectivity index (χ4v) is 3.86. The van der Waals surface area contributed by atoms with Crippen molar-refractivity contribution in [3.05, 3.63) is 47.5 Å². The van der Waals surface area contributed by atoms with E-state index in [0.29, 0.717) is 10.8 Å². The lowest BCUT2D eigenvalue weighted by molar-refractivity contribution is 0.354. The maximum atomic E-state index is 13.1. The molecule has 5 nitrogen and oxygen atoms in total. The number of benzene rings is 2. The van der Waals surface area contributed by atoms with Crippen molar-refractivity contribution in [2.75, 3.05) is 35.3 Å². The Morgan fingerprint density at radius 2 is 1.54 bits per heavy atom. The molecule has 130 valence electrons. The number of rotatable bonds is 6. The molecule has 0 spiro atoms. The van der Waals surface area contributed by atoms with Crippen LogP contribution >= 0.6 is 19.3 Å². The first-order chi connectivity index (χ1) is 11.3. The minimum Gasteiger partial charge on any atom is -0.497 e. The van der Waals surface area contributed by atoms with Gasteiger partial charge in [0.25, 0.3) is 0 Å². The predicted molar refractivity (Wildman–Crippen MR) is 99.0 cm³/mol. The highest BCUT2D eigenvalue weighted by Gasteiger charge is 2.32. The number of methoxy groups -OCH3 is 1. The molecule has 0 aliphatic heterocycles. The minimum absolute atomic E-state index is 0.510. The summed E-state index contributed by atoms with van der Waals surface area (Å²) in [6.45, 7) is 0. The summed E-state index contributed by atoms with van der Waals surface area (Å²) in [6, 6.07) is 12.8. The molecule has 0 radical (unpaired) electrons. The molecule has 0 amide bonds. The lowest BCUT2D eigenvalue weighted by Crippen LogP contribution is -2.24. The van der Waals surface area contributed by atoms with E-state index < -0.39 is 7.67 Å². The van der Waals surface area contributed by atoms with Crippen LogP contribution in [0.3, 0.4) is 0 Å². The van der Waals surface area contributed by atoms with Crippen molar-refractivity contribution in [2.45, 2.75) is 0 Å². The molecule has 0 heterocycles. The molecule has 2 aromatic rings. The van der Waals surface area contributed by atoms with Gasteiger partial charge in [0.15, 0.2) is 0 Å². The van der Waals surface area contributed by atoms with Gasteiger partial charge in [0.2, 0.25) is 0 Å². The van der Waals surface area contributed by atoms with Crippen LogP contribution in [-0.2, 0) is 4.57 Å². The first-order valence-corrected chi connectivity index (χ1v) is 9.28. The van der Waals surface area contributed by atoms with Gasteiger partial charge in [-0.15, -0.1) is 0 Å². The highest BCUT2D eigenvalue weighted by molar-refractivity contribution is 7.54. The van der Waals surface area contributed by atoms with Crippen LogP contribution in [0.25, 0.3) is 11.1 Å². The van der Waals surface area contributed by atoms with Gasteiger partial charge in [0, 0.05) is 10.6 Å². The van der Waals surface area contributed by atoms with Gasteiger partial charge in [0.05, 0.1) is 7.11 Å². The zero-order valence-electron chi connectivity index (χ0n) is 14.5. The Morgan fingerprint density at radius 1 is 0.958 bits per heavy atom. The summed E-state index contributed by atoms with van der Waals surface area (Å²) >= 11 is 6.15. The smallest absolute Gasteiger partial charge is 0.394 e. The van der Waals surface area contributed by atoms with Crippen LogP contribution in [-0.4, -0.2) is 44.6 Å². The summed E-state index contributed by atoms with van der Waals surface area (Å²) in [6.07, 6.45) is 0. The maximum Gasteiger partial charge on any atom is 0.394 e. The SMILES string of the molecule is COc1ccc(-c2cc(Cl)ccc2OP(=O)(N(C)C)N(C)C)cc1. The maximum absolute atomic E-state index is 13.1. The third-order valence-corrected chi connectivity index (χ3v) is 6.26. The average Bonchev–Trinajstić information content (AvgIpc) is 2.56. The highest BCUT2D eigenvalue weighted by atomic mass is 35.5. The fraction of sp³-hybridized carbons (Fsp3) is 0.294. The summed E-state index contributed by atoms with van der Waals surface area (Å²) in [7, 11) is 5.36. The van der Waals surface area contributed by atoms with Gasteiger partial charge in [-0.3, -0.25) is 0 Å². The third kappa shape index (κ3) is 3.93. The number of hydrogen-bond acceptors (Lipinski definition) is 3. The summed E-state index contributed by atoms with van der Waals surface area (Å²) in [5.41, 5.74) is 1.67. The lowest BCUT2D eigenvalue weighted by atomic mass is 10.0. The van der Waals surface area contributed by atoms with E-state index in [9.17, 15) is 4.57 Å². The third-order valence-electron chi connectivity index (χ3n) is 3.57. The Balaban J connectivity index is 2.49. The Labute approximate surface area is 148 Å². The minimum atomic E-state index is -3.16. The van der Waals surface area contributed by atoms with Gasteiger partial charge in [-0.25, -0.2) is 13.9 Å². The largest absolute Gasteiger partial charge is 0.497 e. The molecule has 2 rings (SSSR count). The molecule has 0 bridgehead atoms. The van der Waals surface area contributed by atoms with Gasteiger partial charge in [-0.2, -0.15) is 0 Å². The molecule has 24 heavy (non-hydrogen) atoms. The van der Waals surface area contributed by atoms with Crippen LogP contribution in [0.2, 0.25) is 5.02 Å².